The average molecular weight is 464 g/mol. The van der Waals surface area contributed by atoms with Gasteiger partial charge in [-0.25, -0.2) is 19.5 Å². The van der Waals surface area contributed by atoms with Crippen LogP contribution in [0.1, 0.15) is 43.9 Å². The number of H-pyrrole nitrogens is 1. The Morgan fingerprint density at radius 2 is 2.09 bits per heavy atom. The van der Waals surface area contributed by atoms with E-state index in [0.717, 1.165) is 12.1 Å². The van der Waals surface area contributed by atoms with Gasteiger partial charge in [-0.1, -0.05) is 31.5 Å². The van der Waals surface area contributed by atoms with E-state index in [9.17, 15) is 10.1 Å². The van der Waals surface area contributed by atoms with E-state index in [-0.39, 0.29) is 22.8 Å². The zero-order valence-corrected chi connectivity index (χ0v) is 19.1. The zero-order valence-electron chi connectivity index (χ0n) is 18.3. The lowest BCUT2D eigenvalue weighted by Crippen LogP contribution is -2.28. The summed E-state index contributed by atoms with van der Waals surface area (Å²) < 4.78 is 1.42. The molecule has 0 unspecified atom stereocenters. The van der Waals surface area contributed by atoms with E-state index in [2.05, 4.69) is 39.3 Å². The molecule has 0 aliphatic carbocycles. The Morgan fingerprint density at radius 3 is 2.82 bits per heavy atom. The van der Waals surface area contributed by atoms with Gasteiger partial charge in [0.05, 0.1) is 22.0 Å². The number of aromatic nitrogens is 6. The van der Waals surface area contributed by atoms with Gasteiger partial charge in [-0.15, -0.1) is 0 Å². The van der Waals surface area contributed by atoms with Crippen molar-refractivity contribution in [1.82, 2.24) is 29.7 Å². The summed E-state index contributed by atoms with van der Waals surface area (Å²) in [5.41, 5.74) is 6.92. The number of hydrogen-bond donors (Lipinski definition) is 3. The number of nitrogens with zero attached hydrogens (tertiary/aromatic N) is 6. The number of rotatable bonds is 6. The molecule has 3 heterocycles. The fraction of sp³-hybridized carbons (Fsp3) is 0.273. The molecule has 4 rings (SSSR count). The molecule has 11 heteroatoms. The smallest absolute Gasteiger partial charge is 0.268 e. The number of nitrogen functional groups attached to an aromatic ring is 1. The first-order valence-corrected chi connectivity index (χ1v) is 10.7. The van der Waals surface area contributed by atoms with Crippen LogP contribution in [0.25, 0.3) is 16.7 Å². The van der Waals surface area contributed by atoms with Crippen molar-refractivity contribution in [3.63, 3.8) is 0 Å². The van der Waals surface area contributed by atoms with Gasteiger partial charge in [-0.05, 0) is 31.4 Å². The highest BCUT2D eigenvalue weighted by Crippen LogP contribution is 2.26. The highest BCUT2D eigenvalue weighted by Gasteiger charge is 2.22. The highest BCUT2D eigenvalue weighted by molar-refractivity contribution is 6.35. The van der Waals surface area contributed by atoms with E-state index >= 15 is 0 Å². The van der Waals surface area contributed by atoms with Crippen molar-refractivity contribution < 1.29 is 0 Å². The fourth-order valence-corrected chi connectivity index (χ4v) is 3.87. The Kier molecular flexibility index (Phi) is 5.98. The SMILES string of the molecule is CC(C)Cc1cc(-n2c([C@H](C)Nc3ncnc(N)c3C#N)nc3cccc(Cl)c3c2=O)n[nH]1. The number of anilines is 2. The Morgan fingerprint density at radius 1 is 1.30 bits per heavy atom. The minimum Gasteiger partial charge on any atom is -0.382 e. The van der Waals surface area contributed by atoms with Crippen LogP contribution in [0.15, 0.2) is 35.4 Å². The van der Waals surface area contributed by atoms with Gasteiger partial charge < -0.3 is 11.1 Å². The third-order valence-electron chi connectivity index (χ3n) is 5.08. The van der Waals surface area contributed by atoms with Gasteiger partial charge in [0.25, 0.3) is 5.56 Å². The van der Waals surface area contributed by atoms with E-state index in [1.54, 1.807) is 25.1 Å². The lowest BCUT2D eigenvalue weighted by atomic mass is 10.1. The van der Waals surface area contributed by atoms with Gasteiger partial charge >= 0.3 is 0 Å². The molecule has 0 aliphatic rings. The molecule has 0 aliphatic heterocycles. The third kappa shape index (κ3) is 4.23. The lowest BCUT2D eigenvalue weighted by molar-refractivity contribution is 0.633. The molecule has 0 saturated heterocycles. The van der Waals surface area contributed by atoms with Crippen LogP contribution < -0.4 is 16.6 Å². The standard InChI is InChI=1S/C22H22ClN9O/c1-11(2)7-13-8-17(31-30-13)32-21(29-16-6-4-5-15(23)18(16)22(32)33)12(3)28-20-14(9-24)19(25)26-10-27-20/h4-6,8,10-12H,7H2,1-3H3,(H,30,31)(H3,25,26,27,28)/t12-/m0/s1. The molecule has 0 fully saturated rings. The summed E-state index contributed by atoms with van der Waals surface area (Å²) in [5, 5.41) is 20.5. The first kappa shape index (κ1) is 22.2. The van der Waals surface area contributed by atoms with E-state index < -0.39 is 6.04 Å². The number of fused-ring (bicyclic) bond motifs is 1. The summed E-state index contributed by atoms with van der Waals surface area (Å²) in [6, 6.07) is 8.38. The molecule has 33 heavy (non-hydrogen) atoms. The maximum atomic E-state index is 13.6. The van der Waals surface area contributed by atoms with Crippen LogP contribution in [-0.2, 0) is 6.42 Å². The summed E-state index contributed by atoms with van der Waals surface area (Å²) in [4.78, 5) is 26.3. The number of nitrogens with two attached hydrogens (primary N) is 1. The Hall–Kier alpha value is -3.97. The maximum absolute atomic E-state index is 13.6. The number of aromatic amines is 1. The van der Waals surface area contributed by atoms with Crippen LogP contribution in [0.5, 0.6) is 0 Å². The van der Waals surface area contributed by atoms with Crippen molar-refractivity contribution in [2.45, 2.75) is 33.2 Å². The molecular weight excluding hydrogens is 442 g/mol. The number of benzene rings is 1. The van der Waals surface area contributed by atoms with Crippen LogP contribution in [0.2, 0.25) is 5.02 Å². The summed E-state index contributed by atoms with van der Waals surface area (Å²) in [7, 11) is 0. The number of hydrogen-bond acceptors (Lipinski definition) is 8. The zero-order chi connectivity index (χ0) is 23.7. The molecule has 4 aromatic rings. The molecule has 0 saturated carbocycles. The summed E-state index contributed by atoms with van der Waals surface area (Å²) in [5.74, 6) is 1.48. The van der Waals surface area contributed by atoms with Crippen molar-refractivity contribution in [1.29, 1.82) is 5.26 Å². The Bertz CT molecular complexity index is 1430. The molecule has 4 N–H and O–H groups in total. The van der Waals surface area contributed by atoms with Gasteiger partial charge in [0.2, 0.25) is 0 Å². The lowest BCUT2D eigenvalue weighted by Gasteiger charge is -2.19. The predicted molar refractivity (Wildman–Crippen MR) is 126 cm³/mol. The van der Waals surface area contributed by atoms with Crippen LogP contribution in [0.3, 0.4) is 0 Å². The van der Waals surface area contributed by atoms with Crippen LogP contribution >= 0.6 is 11.6 Å². The van der Waals surface area contributed by atoms with E-state index in [0.29, 0.717) is 33.5 Å². The van der Waals surface area contributed by atoms with Crippen molar-refractivity contribution in [2.24, 2.45) is 5.92 Å². The summed E-state index contributed by atoms with van der Waals surface area (Å²) >= 11 is 6.35. The molecule has 0 bridgehead atoms. The van der Waals surface area contributed by atoms with Crippen molar-refractivity contribution in [3.8, 4) is 11.9 Å². The molecular formula is C22H22ClN9O. The number of halogens is 1. The largest absolute Gasteiger partial charge is 0.382 e. The van der Waals surface area contributed by atoms with E-state index in [4.69, 9.17) is 22.3 Å². The Balaban J connectivity index is 1.89. The van der Waals surface area contributed by atoms with Crippen LogP contribution in [0.4, 0.5) is 11.6 Å². The monoisotopic (exact) mass is 463 g/mol. The molecule has 0 spiro atoms. The second kappa shape index (κ2) is 8.88. The van der Waals surface area contributed by atoms with Gasteiger partial charge in [-0.2, -0.15) is 10.4 Å². The van der Waals surface area contributed by atoms with E-state index in [1.165, 1.54) is 10.9 Å². The van der Waals surface area contributed by atoms with Crippen molar-refractivity contribution in [2.75, 3.05) is 11.1 Å². The average Bonchev–Trinajstić information content (AvgIpc) is 3.20. The van der Waals surface area contributed by atoms with Crippen molar-refractivity contribution in [3.05, 3.63) is 63.1 Å². The highest BCUT2D eigenvalue weighted by atomic mass is 35.5. The number of nitriles is 1. The Labute approximate surface area is 194 Å². The number of nitrogens with one attached hydrogen (secondary N) is 2. The normalized spacial score (nSPS) is 12.1. The summed E-state index contributed by atoms with van der Waals surface area (Å²) in [6.45, 7) is 6.00. The molecule has 168 valence electrons. The third-order valence-corrected chi connectivity index (χ3v) is 5.39. The quantitative estimate of drug-likeness (QED) is 0.393. The molecule has 0 amide bonds. The second-order valence-corrected chi connectivity index (χ2v) is 8.46. The predicted octanol–water partition coefficient (Wildman–Crippen LogP) is 3.38. The van der Waals surface area contributed by atoms with Gasteiger partial charge in [0.15, 0.2) is 5.82 Å². The maximum Gasteiger partial charge on any atom is 0.268 e. The first-order valence-electron chi connectivity index (χ1n) is 10.3. The van der Waals surface area contributed by atoms with Gasteiger partial charge in [-0.3, -0.25) is 9.89 Å². The fourth-order valence-electron chi connectivity index (χ4n) is 3.62. The minimum absolute atomic E-state index is 0.0588. The van der Waals surface area contributed by atoms with Crippen LogP contribution in [0, 0.1) is 17.2 Å². The molecule has 1 atom stereocenters. The topological polar surface area (TPSA) is 151 Å². The molecule has 1 aromatic carbocycles. The van der Waals surface area contributed by atoms with Crippen LogP contribution in [-0.4, -0.2) is 29.7 Å². The minimum atomic E-state index is -0.548. The van der Waals surface area contributed by atoms with Gasteiger partial charge in [0.1, 0.15) is 35.4 Å². The van der Waals surface area contributed by atoms with Gasteiger partial charge in [0, 0.05) is 11.8 Å². The van der Waals surface area contributed by atoms with Crippen molar-refractivity contribution >= 4 is 34.1 Å². The van der Waals surface area contributed by atoms with E-state index in [1.807, 2.05) is 12.1 Å². The first-order chi connectivity index (χ1) is 15.8. The molecule has 0 radical (unpaired) electrons. The molecule has 3 aromatic heterocycles. The second-order valence-electron chi connectivity index (χ2n) is 8.05. The summed E-state index contributed by atoms with van der Waals surface area (Å²) in [6.07, 6.45) is 2.04. The molecule has 10 nitrogen and oxygen atoms in total.